The van der Waals surface area contributed by atoms with Gasteiger partial charge in [-0.05, 0) is 49.7 Å². The fourth-order valence-electron chi connectivity index (χ4n) is 3.52. The van der Waals surface area contributed by atoms with E-state index in [2.05, 4.69) is 9.67 Å². The first-order valence-corrected chi connectivity index (χ1v) is 8.98. The van der Waals surface area contributed by atoms with Crippen molar-refractivity contribution in [1.29, 1.82) is 0 Å². The summed E-state index contributed by atoms with van der Waals surface area (Å²) in [7, 11) is 0. The molecule has 27 heavy (non-hydrogen) atoms. The summed E-state index contributed by atoms with van der Waals surface area (Å²) in [5, 5.41) is 6.25. The maximum absolute atomic E-state index is 13.8. The van der Waals surface area contributed by atoms with Crippen LogP contribution in [0.15, 0.2) is 42.6 Å². The van der Waals surface area contributed by atoms with Crippen molar-refractivity contribution < 1.29 is 9.18 Å². The summed E-state index contributed by atoms with van der Waals surface area (Å²) in [6, 6.07) is 10.6. The van der Waals surface area contributed by atoms with Crippen molar-refractivity contribution in [3.63, 3.8) is 0 Å². The molecule has 2 heterocycles. The third-order valence-corrected chi connectivity index (χ3v) is 5.11. The Morgan fingerprint density at radius 1 is 1.07 bits per heavy atom. The van der Waals surface area contributed by atoms with E-state index in [1.165, 1.54) is 16.8 Å². The van der Waals surface area contributed by atoms with Gasteiger partial charge in [-0.1, -0.05) is 26.8 Å². The highest BCUT2D eigenvalue weighted by atomic mass is 19.1. The molecule has 4 nitrogen and oxygen atoms in total. The summed E-state index contributed by atoms with van der Waals surface area (Å²) >= 11 is 0. The molecule has 138 valence electrons. The van der Waals surface area contributed by atoms with Gasteiger partial charge in [0.25, 0.3) is 5.91 Å². The molecule has 0 aliphatic heterocycles. The molecule has 0 N–H and O–H groups in total. The van der Waals surface area contributed by atoms with Crippen molar-refractivity contribution in [2.24, 2.45) is 5.41 Å². The largest absolute Gasteiger partial charge is 0.313 e. The maximum Gasteiger partial charge on any atom is 0.252 e. The molecule has 4 aromatic rings. The van der Waals surface area contributed by atoms with E-state index in [9.17, 15) is 9.18 Å². The van der Waals surface area contributed by atoms with Gasteiger partial charge in [0.2, 0.25) is 0 Å². The lowest BCUT2D eigenvalue weighted by Gasteiger charge is -2.16. The summed E-state index contributed by atoms with van der Waals surface area (Å²) in [4.78, 5) is 12.7. The summed E-state index contributed by atoms with van der Waals surface area (Å²) in [5.74, 6) is -0.313. The topological polar surface area (TPSA) is 39.8 Å². The average molecular weight is 363 g/mol. The van der Waals surface area contributed by atoms with Crippen LogP contribution < -0.4 is 0 Å². The molecular formula is C22H22FN3O. The molecule has 0 aliphatic rings. The quantitative estimate of drug-likeness (QED) is 0.453. The van der Waals surface area contributed by atoms with Crippen LogP contribution in [0.2, 0.25) is 0 Å². The predicted molar refractivity (Wildman–Crippen MR) is 106 cm³/mol. The minimum atomic E-state index is -0.521. The van der Waals surface area contributed by atoms with Crippen LogP contribution >= 0.6 is 0 Å². The lowest BCUT2D eigenvalue weighted by atomic mass is 9.96. The van der Waals surface area contributed by atoms with Gasteiger partial charge in [0.1, 0.15) is 5.82 Å². The van der Waals surface area contributed by atoms with Gasteiger partial charge in [0.15, 0.2) is 0 Å². The fourth-order valence-corrected chi connectivity index (χ4v) is 3.52. The highest BCUT2D eigenvalue weighted by Crippen LogP contribution is 2.33. The van der Waals surface area contributed by atoms with E-state index < -0.39 is 5.41 Å². The number of nitrogens with zero attached hydrogens (tertiary/aromatic N) is 3. The molecule has 0 aliphatic carbocycles. The third kappa shape index (κ3) is 2.65. The Kier molecular flexibility index (Phi) is 3.74. The lowest BCUT2D eigenvalue weighted by Crippen LogP contribution is -2.27. The van der Waals surface area contributed by atoms with Crippen LogP contribution in [0.1, 0.15) is 36.8 Å². The summed E-state index contributed by atoms with van der Waals surface area (Å²) in [6.45, 7) is 9.73. The molecule has 0 amide bonds. The second kappa shape index (κ2) is 5.78. The smallest absolute Gasteiger partial charge is 0.252 e. The van der Waals surface area contributed by atoms with E-state index in [0.29, 0.717) is 0 Å². The molecule has 0 spiro atoms. The number of aryl methyl sites for hydroxylation is 1. The third-order valence-electron chi connectivity index (χ3n) is 5.11. The minimum absolute atomic E-state index is 0.0456. The second-order valence-electron chi connectivity index (χ2n) is 8.07. The molecule has 2 aromatic heterocycles. The molecule has 0 radical (unpaired) electrons. The summed E-state index contributed by atoms with van der Waals surface area (Å²) in [5.41, 5.74) is 4.18. The highest BCUT2D eigenvalue weighted by molar-refractivity contribution is 6.02. The monoisotopic (exact) mass is 363 g/mol. The van der Waals surface area contributed by atoms with Gasteiger partial charge in [0.05, 0.1) is 17.2 Å². The van der Waals surface area contributed by atoms with Gasteiger partial charge in [-0.25, -0.2) is 4.39 Å². The maximum atomic E-state index is 13.8. The normalized spacial score (nSPS) is 12.2. The zero-order valence-electron chi connectivity index (χ0n) is 16.2. The van der Waals surface area contributed by atoms with Crippen molar-refractivity contribution in [2.75, 3.05) is 0 Å². The summed E-state index contributed by atoms with van der Waals surface area (Å²) < 4.78 is 17.3. The Bertz CT molecular complexity index is 1210. The Hall–Kier alpha value is -2.95. The zero-order valence-corrected chi connectivity index (χ0v) is 16.2. The Labute approximate surface area is 157 Å². The van der Waals surface area contributed by atoms with Gasteiger partial charge >= 0.3 is 0 Å². The minimum Gasteiger partial charge on any atom is -0.313 e. The molecule has 2 aromatic carbocycles. The number of carbonyl (C=O) groups is 1. The van der Waals surface area contributed by atoms with Gasteiger partial charge in [0, 0.05) is 27.6 Å². The predicted octanol–water partition coefficient (Wildman–Crippen LogP) is 5.42. The molecule has 0 saturated carbocycles. The highest BCUT2D eigenvalue weighted by Gasteiger charge is 2.26. The van der Waals surface area contributed by atoms with E-state index in [1.54, 1.807) is 12.3 Å². The van der Waals surface area contributed by atoms with E-state index >= 15 is 0 Å². The molecule has 0 fully saturated rings. The Balaban J connectivity index is 2.02. The van der Waals surface area contributed by atoms with Crippen molar-refractivity contribution in [1.82, 2.24) is 14.3 Å². The first-order chi connectivity index (χ1) is 12.7. The summed E-state index contributed by atoms with van der Waals surface area (Å²) in [6.07, 6.45) is 1.71. The van der Waals surface area contributed by atoms with Crippen LogP contribution in [-0.4, -0.2) is 20.3 Å². The Morgan fingerprint density at radius 3 is 2.48 bits per heavy atom. The van der Waals surface area contributed by atoms with Crippen LogP contribution in [-0.2, 0) is 0 Å². The van der Waals surface area contributed by atoms with E-state index in [0.717, 1.165) is 38.8 Å². The van der Waals surface area contributed by atoms with E-state index in [-0.39, 0.29) is 11.7 Å². The number of rotatable bonds is 1. The fraction of sp³-hybridized carbons (Fsp3) is 0.273. The first-order valence-electron chi connectivity index (χ1n) is 8.98. The van der Waals surface area contributed by atoms with E-state index in [4.69, 9.17) is 0 Å². The van der Waals surface area contributed by atoms with Crippen LogP contribution in [0.25, 0.3) is 27.5 Å². The number of aromatic nitrogens is 3. The van der Waals surface area contributed by atoms with Crippen molar-refractivity contribution >= 4 is 27.7 Å². The molecule has 4 rings (SSSR count). The number of carbonyl (C=O) groups excluding carboxylic acids is 1. The molecule has 0 atom stereocenters. The number of halogens is 1. The van der Waals surface area contributed by atoms with Crippen molar-refractivity contribution in [3.8, 4) is 5.69 Å². The zero-order chi connectivity index (χ0) is 19.5. The van der Waals surface area contributed by atoms with Gasteiger partial charge < -0.3 is 4.57 Å². The molecule has 0 bridgehead atoms. The van der Waals surface area contributed by atoms with E-state index in [1.807, 2.05) is 52.8 Å². The van der Waals surface area contributed by atoms with Gasteiger partial charge in [-0.15, -0.1) is 0 Å². The van der Waals surface area contributed by atoms with Crippen molar-refractivity contribution in [2.45, 2.75) is 34.6 Å². The molecule has 0 unspecified atom stereocenters. The van der Waals surface area contributed by atoms with Crippen LogP contribution in [0.5, 0.6) is 0 Å². The lowest BCUT2D eigenvalue weighted by molar-refractivity contribution is 0.0755. The SMILES string of the molecule is Cc1c(C)n(-c2cccc(F)c2)c2cc3cnn(C(=O)C(C)(C)C)c3cc12. The van der Waals surface area contributed by atoms with Crippen LogP contribution in [0, 0.1) is 25.1 Å². The van der Waals surface area contributed by atoms with Crippen LogP contribution in [0.4, 0.5) is 4.39 Å². The van der Waals surface area contributed by atoms with Crippen molar-refractivity contribution in [3.05, 3.63) is 59.7 Å². The number of fused-ring (bicyclic) bond motifs is 2. The molecular weight excluding hydrogens is 341 g/mol. The first kappa shape index (κ1) is 17.5. The number of benzene rings is 2. The second-order valence-corrected chi connectivity index (χ2v) is 8.07. The standard InChI is InChI=1S/C22H22FN3O/c1-13-14(2)25(17-8-6-7-16(23)10-17)20-9-15-12-24-26(19(15)11-18(13)20)21(27)22(3,4)5/h6-12H,1-5H3. The Morgan fingerprint density at radius 2 is 1.81 bits per heavy atom. The molecule has 5 heteroatoms. The average Bonchev–Trinajstić information content (AvgIpc) is 3.11. The van der Waals surface area contributed by atoms with Gasteiger partial charge in [-0.3, -0.25) is 4.79 Å². The number of hydrogen-bond donors (Lipinski definition) is 0. The molecule has 0 saturated heterocycles. The van der Waals surface area contributed by atoms with Gasteiger partial charge in [-0.2, -0.15) is 9.78 Å². The van der Waals surface area contributed by atoms with Crippen LogP contribution in [0.3, 0.4) is 0 Å². The number of hydrogen-bond acceptors (Lipinski definition) is 2.